The second kappa shape index (κ2) is 55.4. The fraction of sp³-hybridized carbons (Fsp3) is 0.851. The summed E-state index contributed by atoms with van der Waals surface area (Å²) in [5.74, 6) is -0.241. The summed E-state index contributed by atoms with van der Waals surface area (Å²) in [5, 5.41) is 121. The third kappa shape index (κ3) is 36.8. The van der Waals surface area contributed by atoms with E-state index in [4.69, 9.17) is 28.4 Å². The molecule has 0 aromatic rings. The van der Waals surface area contributed by atoms with Crippen LogP contribution in [-0.2, 0) is 33.2 Å². The topological polar surface area (TPSA) is 307 Å². The SMILES string of the molecule is CC/C=C\C/C=C\C/C=C\C/C=C\C/C=C\CCCCCCCCCCCCCCCCCCCCCCCC(=O)NC(COC1OC(CO)C(OC2OC(CO)C(OC3OC(CO)C(O)C(O)C3O)C(O)C2O)C(O)C1O)C(O)CCCCCCCCCCCCC. The Kier molecular flexibility index (Phi) is 50.4. The van der Waals surface area contributed by atoms with Crippen LogP contribution < -0.4 is 5.32 Å². The number of amides is 1. The lowest BCUT2D eigenvalue weighted by atomic mass is 9.96. The van der Waals surface area contributed by atoms with Crippen LogP contribution in [-0.4, -0.2) is 193 Å². The molecule has 12 N–H and O–H groups in total. The zero-order chi connectivity index (χ0) is 67.5. The van der Waals surface area contributed by atoms with Gasteiger partial charge in [0.05, 0.1) is 38.6 Å². The molecule has 3 aliphatic heterocycles. The maximum Gasteiger partial charge on any atom is 0.220 e. The Balaban J connectivity index is 1.29. The number of carbonyl (C=O) groups excluding carboxylic acids is 1. The molecule has 93 heavy (non-hydrogen) atoms. The maximum atomic E-state index is 13.4. The molecule has 0 aromatic carbocycles. The van der Waals surface area contributed by atoms with Crippen molar-refractivity contribution in [2.24, 2.45) is 0 Å². The van der Waals surface area contributed by atoms with Gasteiger partial charge in [0.15, 0.2) is 18.9 Å². The normalized spacial score (nSPS) is 27.9. The van der Waals surface area contributed by atoms with Gasteiger partial charge in [-0.25, -0.2) is 0 Å². The summed E-state index contributed by atoms with van der Waals surface area (Å²) in [7, 11) is 0. The highest BCUT2D eigenvalue weighted by molar-refractivity contribution is 5.76. The van der Waals surface area contributed by atoms with E-state index in [1.807, 2.05) is 0 Å². The van der Waals surface area contributed by atoms with E-state index >= 15 is 0 Å². The van der Waals surface area contributed by atoms with E-state index in [2.05, 4.69) is 79.9 Å². The highest BCUT2D eigenvalue weighted by Crippen LogP contribution is 2.33. The first-order chi connectivity index (χ1) is 45.3. The molecule has 17 unspecified atom stereocenters. The van der Waals surface area contributed by atoms with Gasteiger partial charge in [-0.05, 0) is 57.8 Å². The van der Waals surface area contributed by atoms with Crippen molar-refractivity contribution in [1.29, 1.82) is 0 Å². The third-order valence-corrected chi connectivity index (χ3v) is 18.4. The van der Waals surface area contributed by atoms with Gasteiger partial charge >= 0.3 is 0 Å². The van der Waals surface area contributed by atoms with E-state index in [0.29, 0.717) is 12.8 Å². The number of allylic oxidation sites excluding steroid dienone is 10. The maximum absolute atomic E-state index is 13.4. The Morgan fingerprint density at radius 1 is 0.398 bits per heavy atom. The van der Waals surface area contributed by atoms with Crippen LogP contribution in [0.3, 0.4) is 0 Å². The first-order valence-corrected chi connectivity index (χ1v) is 37.0. The van der Waals surface area contributed by atoms with Gasteiger partial charge in [-0.15, -0.1) is 0 Å². The smallest absolute Gasteiger partial charge is 0.220 e. The van der Waals surface area contributed by atoms with Crippen LogP contribution in [0.2, 0.25) is 0 Å². The first-order valence-electron chi connectivity index (χ1n) is 37.0. The van der Waals surface area contributed by atoms with Gasteiger partial charge in [0.2, 0.25) is 5.91 Å². The Labute approximate surface area is 560 Å². The number of aliphatic hydroxyl groups excluding tert-OH is 11. The lowest BCUT2D eigenvalue weighted by Crippen LogP contribution is -2.66. The van der Waals surface area contributed by atoms with Gasteiger partial charge in [-0.2, -0.15) is 0 Å². The standard InChI is InChI=1S/C74H133NO18/c1-3-5-7-9-11-13-15-16-17-18-19-20-21-22-23-24-25-26-27-28-29-30-31-32-33-34-35-36-37-38-39-40-42-44-46-48-50-52-62(80)75-57(58(79)51-49-47-45-43-41-14-12-10-8-6-4-2)56-88-72-68(86)65(83)70(60(54-77)90-72)93-74-69(87)66(84)71(61(55-78)91-74)92-73-67(85)64(82)63(81)59(53-76)89-73/h5,7,11,13,16-17,19-20,22-23,57-61,63-74,76-79,81-87H,3-4,6,8-10,12,14-15,18,21,24-56H2,1-2H3,(H,75,80)/b7-5-,13-11-,17-16-,20-19-,23-22-. The number of aliphatic hydroxyl groups is 11. The number of hydrogen-bond donors (Lipinski definition) is 12. The molecule has 0 saturated carbocycles. The summed E-state index contributed by atoms with van der Waals surface area (Å²) in [6, 6.07) is -0.885. The lowest BCUT2D eigenvalue weighted by molar-refractivity contribution is -0.379. The van der Waals surface area contributed by atoms with Gasteiger partial charge in [-0.1, -0.05) is 267 Å². The number of nitrogens with one attached hydrogen (secondary N) is 1. The molecule has 19 nitrogen and oxygen atoms in total. The number of unbranched alkanes of at least 4 members (excludes halogenated alkanes) is 31. The monoisotopic (exact) mass is 1320 g/mol. The molecule has 19 heteroatoms. The largest absolute Gasteiger partial charge is 0.394 e. The van der Waals surface area contributed by atoms with Crippen LogP contribution in [0.5, 0.6) is 0 Å². The Morgan fingerprint density at radius 2 is 0.742 bits per heavy atom. The van der Waals surface area contributed by atoms with Crippen molar-refractivity contribution in [3.05, 3.63) is 60.8 Å². The quantitative estimate of drug-likeness (QED) is 0.0199. The number of carbonyl (C=O) groups is 1. The van der Waals surface area contributed by atoms with Crippen LogP contribution >= 0.6 is 0 Å². The van der Waals surface area contributed by atoms with Gasteiger partial charge in [0.25, 0.3) is 0 Å². The molecule has 17 atom stereocenters. The first kappa shape index (κ1) is 84.7. The fourth-order valence-corrected chi connectivity index (χ4v) is 12.4. The highest BCUT2D eigenvalue weighted by atomic mass is 16.8. The van der Waals surface area contributed by atoms with Crippen molar-refractivity contribution in [2.75, 3.05) is 26.4 Å². The molecule has 0 spiro atoms. The van der Waals surface area contributed by atoms with E-state index in [0.717, 1.165) is 77.0 Å². The van der Waals surface area contributed by atoms with E-state index in [1.165, 1.54) is 161 Å². The van der Waals surface area contributed by atoms with Crippen LogP contribution in [0, 0.1) is 0 Å². The average molecular weight is 1320 g/mol. The summed E-state index contributed by atoms with van der Waals surface area (Å²) in [4.78, 5) is 13.4. The van der Waals surface area contributed by atoms with E-state index < -0.39 is 124 Å². The highest BCUT2D eigenvalue weighted by Gasteiger charge is 2.53. The van der Waals surface area contributed by atoms with Gasteiger partial charge in [-0.3, -0.25) is 4.79 Å². The number of hydrogen-bond acceptors (Lipinski definition) is 18. The molecule has 0 bridgehead atoms. The fourth-order valence-electron chi connectivity index (χ4n) is 12.4. The zero-order valence-electron chi connectivity index (χ0n) is 57.5. The molecule has 3 saturated heterocycles. The summed E-state index contributed by atoms with van der Waals surface area (Å²) in [5.41, 5.74) is 0. The van der Waals surface area contributed by atoms with Crippen molar-refractivity contribution in [2.45, 2.75) is 375 Å². The Bertz CT molecular complexity index is 1920. The Hall–Kier alpha value is -2.51. The van der Waals surface area contributed by atoms with Crippen molar-refractivity contribution in [1.82, 2.24) is 5.32 Å². The molecule has 3 aliphatic rings. The van der Waals surface area contributed by atoms with Gasteiger partial charge in [0, 0.05) is 6.42 Å². The van der Waals surface area contributed by atoms with Crippen LogP contribution in [0.1, 0.15) is 271 Å². The second-order valence-corrected chi connectivity index (χ2v) is 26.4. The van der Waals surface area contributed by atoms with Crippen molar-refractivity contribution in [3.63, 3.8) is 0 Å². The van der Waals surface area contributed by atoms with Crippen LogP contribution in [0.15, 0.2) is 60.8 Å². The molecule has 542 valence electrons. The molecular weight excluding hydrogens is 1190 g/mol. The average Bonchev–Trinajstić information content (AvgIpc) is 0.805. The molecule has 3 fully saturated rings. The van der Waals surface area contributed by atoms with E-state index in [1.54, 1.807) is 0 Å². The molecule has 3 heterocycles. The summed E-state index contributed by atoms with van der Waals surface area (Å²) in [6.07, 6.45) is 42.0. The molecule has 0 radical (unpaired) electrons. The van der Waals surface area contributed by atoms with Crippen molar-refractivity contribution >= 4 is 5.91 Å². The second-order valence-electron chi connectivity index (χ2n) is 26.4. The van der Waals surface area contributed by atoms with Crippen molar-refractivity contribution < 1.29 is 89.4 Å². The molecule has 0 aliphatic carbocycles. The van der Waals surface area contributed by atoms with Crippen LogP contribution in [0.4, 0.5) is 0 Å². The minimum Gasteiger partial charge on any atom is -0.394 e. The summed E-state index contributed by atoms with van der Waals surface area (Å²) in [6.45, 7) is 1.68. The minimum atomic E-state index is -1.97. The third-order valence-electron chi connectivity index (χ3n) is 18.4. The zero-order valence-corrected chi connectivity index (χ0v) is 57.5. The molecule has 0 aromatic heterocycles. The predicted molar refractivity (Wildman–Crippen MR) is 365 cm³/mol. The number of ether oxygens (including phenoxy) is 6. The lowest BCUT2D eigenvalue weighted by Gasteiger charge is -2.48. The van der Waals surface area contributed by atoms with E-state index in [-0.39, 0.29) is 18.9 Å². The predicted octanol–water partition coefficient (Wildman–Crippen LogP) is 10.7. The molecule has 1 amide bonds. The van der Waals surface area contributed by atoms with Crippen molar-refractivity contribution in [3.8, 4) is 0 Å². The van der Waals surface area contributed by atoms with Gasteiger partial charge in [0.1, 0.15) is 73.2 Å². The van der Waals surface area contributed by atoms with E-state index in [9.17, 15) is 61.0 Å². The Morgan fingerprint density at radius 3 is 1.16 bits per heavy atom. The number of rotatable bonds is 57. The molecule has 3 rings (SSSR count). The summed E-state index contributed by atoms with van der Waals surface area (Å²) >= 11 is 0. The summed E-state index contributed by atoms with van der Waals surface area (Å²) < 4.78 is 34.4. The van der Waals surface area contributed by atoms with Crippen LogP contribution in [0.25, 0.3) is 0 Å². The minimum absolute atomic E-state index is 0.241. The van der Waals surface area contributed by atoms with Gasteiger partial charge < -0.3 is 89.9 Å². The molecular formula is C74H133NO18.